The molecule has 2 rings (SSSR count). The fourth-order valence-corrected chi connectivity index (χ4v) is 1.97. The number of nitrogens with zero attached hydrogens (tertiary/aromatic N) is 4. The molecule has 6 nitrogen and oxygen atoms in total. The number of rotatable bonds is 6. The summed E-state index contributed by atoms with van der Waals surface area (Å²) in [6.07, 6.45) is 5.59. The fourth-order valence-electron chi connectivity index (χ4n) is 1.97. The zero-order valence-electron chi connectivity index (χ0n) is 11.8. The van der Waals surface area contributed by atoms with Crippen LogP contribution in [-0.4, -0.2) is 20.7 Å². The molecule has 0 bridgehead atoms. The van der Waals surface area contributed by atoms with Crippen LogP contribution < -0.4 is 10.5 Å². The van der Waals surface area contributed by atoms with E-state index in [9.17, 15) is 5.26 Å². The highest BCUT2D eigenvalue weighted by Gasteiger charge is 2.16. The molecule has 0 aliphatic carbocycles. The van der Waals surface area contributed by atoms with E-state index >= 15 is 0 Å². The second-order valence-electron chi connectivity index (χ2n) is 4.64. The van der Waals surface area contributed by atoms with Gasteiger partial charge in [-0.2, -0.15) is 5.26 Å². The van der Waals surface area contributed by atoms with Gasteiger partial charge in [0.15, 0.2) is 0 Å². The van der Waals surface area contributed by atoms with E-state index in [2.05, 4.69) is 18.0 Å². The third kappa shape index (κ3) is 2.77. The Morgan fingerprint density at radius 2 is 2.30 bits per heavy atom. The number of unbranched alkanes of at least 4 members (excludes halogenated alkanes) is 1. The molecular formula is C14H19N5O. The molecule has 0 amide bonds. The van der Waals surface area contributed by atoms with Crippen LogP contribution in [0.1, 0.15) is 31.3 Å². The van der Waals surface area contributed by atoms with Gasteiger partial charge < -0.3 is 15.0 Å². The summed E-state index contributed by atoms with van der Waals surface area (Å²) in [7, 11) is 1.92. The predicted molar refractivity (Wildman–Crippen MR) is 76.3 cm³/mol. The van der Waals surface area contributed by atoms with Crippen molar-refractivity contribution in [2.75, 3.05) is 12.3 Å². The Hall–Kier alpha value is -2.42. The molecule has 2 aromatic rings. The molecule has 2 aromatic heterocycles. The van der Waals surface area contributed by atoms with E-state index in [-0.39, 0.29) is 0 Å². The number of aryl methyl sites for hydroxylation is 1. The van der Waals surface area contributed by atoms with Gasteiger partial charge in [0.05, 0.1) is 18.8 Å². The van der Waals surface area contributed by atoms with Crippen LogP contribution >= 0.6 is 0 Å². The van der Waals surface area contributed by atoms with Crippen molar-refractivity contribution in [1.82, 2.24) is 14.1 Å². The molecule has 20 heavy (non-hydrogen) atoms. The average molecular weight is 273 g/mol. The van der Waals surface area contributed by atoms with Gasteiger partial charge in [0, 0.05) is 25.5 Å². The number of aromatic nitrogens is 3. The van der Waals surface area contributed by atoms with Crippen molar-refractivity contribution in [2.45, 2.75) is 26.3 Å². The fraction of sp³-hybridized carbons (Fsp3) is 0.429. The second kappa shape index (κ2) is 6.15. The monoisotopic (exact) mass is 273 g/mol. The lowest BCUT2D eigenvalue weighted by atomic mass is 10.4. The Labute approximate surface area is 118 Å². The summed E-state index contributed by atoms with van der Waals surface area (Å²) in [6.45, 7) is 3.15. The number of nitrogens with two attached hydrogens (primary N) is 1. The predicted octanol–water partition coefficient (Wildman–Crippen LogP) is 1.90. The van der Waals surface area contributed by atoms with Gasteiger partial charge in [-0.25, -0.2) is 4.98 Å². The highest BCUT2D eigenvalue weighted by Crippen LogP contribution is 2.27. The number of anilines is 1. The van der Waals surface area contributed by atoms with Crippen LogP contribution in [0.5, 0.6) is 5.88 Å². The molecular weight excluding hydrogens is 254 g/mol. The quantitative estimate of drug-likeness (QED) is 0.815. The van der Waals surface area contributed by atoms with Crippen LogP contribution in [-0.2, 0) is 13.6 Å². The first kappa shape index (κ1) is 14.0. The topological polar surface area (TPSA) is 81.8 Å². The van der Waals surface area contributed by atoms with E-state index in [4.69, 9.17) is 10.5 Å². The Morgan fingerprint density at radius 3 is 2.90 bits per heavy atom. The van der Waals surface area contributed by atoms with Gasteiger partial charge in [0.25, 0.3) is 0 Å². The van der Waals surface area contributed by atoms with Crippen LogP contribution in [0.15, 0.2) is 18.5 Å². The van der Waals surface area contributed by atoms with Gasteiger partial charge >= 0.3 is 0 Å². The van der Waals surface area contributed by atoms with Gasteiger partial charge in [-0.15, -0.1) is 0 Å². The van der Waals surface area contributed by atoms with Crippen LogP contribution in [0.2, 0.25) is 0 Å². The lowest BCUT2D eigenvalue weighted by Gasteiger charge is -2.12. The average Bonchev–Trinajstić information content (AvgIpc) is 2.96. The van der Waals surface area contributed by atoms with Gasteiger partial charge in [-0.1, -0.05) is 13.3 Å². The zero-order chi connectivity index (χ0) is 14.5. The van der Waals surface area contributed by atoms with E-state index < -0.39 is 0 Å². The number of ether oxygens (including phenoxy) is 1. The smallest absolute Gasteiger partial charge is 0.218 e. The lowest BCUT2D eigenvalue weighted by molar-refractivity contribution is 0.286. The first-order valence-electron chi connectivity index (χ1n) is 6.65. The number of hydrogen-bond donors (Lipinski definition) is 1. The van der Waals surface area contributed by atoms with Gasteiger partial charge in [-0.3, -0.25) is 4.57 Å². The van der Waals surface area contributed by atoms with E-state index in [1.807, 2.05) is 17.8 Å². The minimum absolute atomic E-state index is 0.463. The van der Waals surface area contributed by atoms with Crippen molar-refractivity contribution in [3.05, 3.63) is 30.0 Å². The lowest BCUT2D eigenvalue weighted by Crippen LogP contribution is -2.11. The largest absolute Gasteiger partial charge is 0.477 e. The summed E-state index contributed by atoms with van der Waals surface area (Å²) >= 11 is 0. The van der Waals surface area contributed by atoms with Crippen molar-refractivity contribution in [3.63, 3.8) is 0 Å². The Morgan fingerprint density at radius 1 is 1.50 bits per heavy atom. The molecule has 0 aliphatic rings. The van der Waals surface area contributed by atoms with Gasteiger partial charge in [0.2, 0.25) is 5.88 Å². The van der Waals surface area contributed by atoms with Crippen molar-refractivity contribution < 1.29 is 4.74 Å². The molecule has 0 aliphatic heterocycles. The molecule has 0 radical (unpaired) electrons. The summed E-state index contributed by atoms with van der Waals surface area (Å²) in [5, 5.41) is 9.22. The van der Waals surface area contributed by atoms with E-state index in [0.29, 0.717) is 30.4 Å². The van der Waals surface area contributed by atoms with Crippen LogP contribution in [0.4, 0.5) is 5.69 Å². The maximum atomic E-state index is 9.22. The molecule has 0 unspecified atom stereocenters. The molecule has 0 aromatic carbocycles. The summed E-state index contributed by atoms with van der Waals surface area (Å²) in [4.78, 5) is 4.27. The number of imidazole rings is 1. The van der Waals surface area contributed by atoms with Crippen molar-refractivity contribution in [3.8, 4) is 11.9 Å². The van der Waals surface area contributed by atoms with Crippen LogP contribution in [0.3, 0.4) is 0 Å². The molecule has 0 fully saturated rings. The van der Waals surface area contributed by atoms with E-state index in [1.165, 1.54) is 0 Å². The van der Waals surface area contributed by atoms with Crippen LogP contribution in [0.25, 0.3) is 0 Å². The van der Waals surface area contributed by atoms with E-state index in [1.54, 1.807) is 16.8 Å². The Balaban J connectivity index is 2.29. The minimum atomic E-state index is 0.463. The number of nitrogen functional groups attached to an aromatic ring is 1. The minimum Gasteiger partial charge on any atom is -0.477 e. The highest BCUT2D eigenvalue weighted by molar-refractivity contribution is 5.55. The van der Waals surface area contributed by atoms with Gasteiger partial charge in [0.1, 0.15) is 17.6 Å². The van der Waals surface area contributed by atoms with Crippen molar-refractivity contribution in [2.24, 2.45) is 7.05 Å². The zero-order valence-corrected chi connectivity index (χ0v) is 11.8. The molecule has 2 heterocycles. The maximum absolute atomic E-state index is 9.22. The van der Waals surface area contributed by atoms with Crippen molar-refractivity contribution in [1.29, 1.82) is 5.26 Å². The molecule has 0 spiro atoms. The molecule has 0 atom stereocenters. The molecule has 0 saturated heterocycles. The summed E-state index contributed by atoms with van der Waals surface area (Å²) in [5.41, 5.74) is 6.92. The Bertz CT molecular complexity index is 620. The second-order valence-corrected chi connectivity index (χ2v) is 4.64. The Kier molecular flexibility index (Phi) is 4.31. The summed E-state index contributed by atoms with van der Waals surface area (Å²) in [6, 6.07) is 3.79. The molecule has 6 heteroatoms. The van der Waals surface area contributed by atoms with E-state index in [0.717, 1.165) is 18.7 Å². The normalized spacial score (nSPS) is 10.4. The third-order valence-electron chi connectivity index (χ3n) is 3.15. The SMILES string of the molecule is CCCCOc1c(N)cc(C#N)n1Cc1nccn1C. The molecule has 2 N–H and O–H groups in total. The standard InChI is InChI=1S/C14H19N5O/c1-3-4-7-20-14-12(16)8-11(9-15)19(14)10-13-17-5-6-18(13)2/h5-6,8H,3-4,7,10,16H2,1-2H3. The third-order valence-corrected chi connectivity index (χ3v) is 3.15. The molecule has 0 saturated carbocycles. The molecule has 106 valence electrons. The van der Waals surface area contributed by atoms with Gasteiger partial charge in [-0.05, 0) is 6.42 Å². The summed E-state index contributed by atoms with van der Waals surface area (Å²) < 4.78 is 9.41. The summed E-state index contributed by atoms with van der Waals surface area (Å²) in [5.74, 6) is 1.40. The highest BCUT2D eigenvalue weighted by atomic mass is 16.5. The number of nitriles is 1. The first-order valence-corrected chi connectivity index (χ1v) is 6.65. The first-order chi connectivity index (χ1) is 9.67. The van der Waals surface area contributed by atoms with Crippen LogP contribution in [0, 0.1) is 11.3 Å². The number of hydrogen-bond acceptors (Lipinski definition) is 4. The van der Waals surface area contributed by atoms with Crippen molar-refractivity contribution >= 4 is 5.69 Å². The maximum Gasteiger partial charge on any atom is 0.218 e.